The van der Waals surface area contributed by atoms with Crippen LogP contribution in [0.15, 0.2) is 18.2 Å². The minimum atomic E-state index is -0.720. The number of nitrogens with one attached hydrogen (secondary N) is 1. The Morgan fingerprint density at radius 3 is 2.63 bits per heavy atom. The van der Waals surface area contributed by atoms with Gasteiger partial charge in [0.1, 0.15) is 17.9 Å². The zero-order chi connectivity index (χ0) is 14.0. The first kappa shape index (κ1) is 14.1. The summed E-state index contributed by atoms with van der Waals surface area (Å²) in [4.78, 5) is 1.65. The Morgan fingerprint density at radius 1 is 1.42 bits per heavy atom. The van der Waals surface area contributed by atoms with Crippen LogP contribution in [-0.4, -0.2) is 34.4 Å². The van der Waals surface area contributed by atoms with Crippen LogP contribution < -0.4 is 5.32 Å². The number of likely N-dealkylation sites (tertiary alicyclic amines) is 1. The van der Waals surface area contributed by atoms with Gasteiger partial charge in [0.05, 0.1) is 0 Å². The van der Waals surface area contributed by atoms with E-state index in [9.17, 15) is 13.9 Å². The van der Waals surface area contributed by atoms with Gasteiger partial charge in [-0.15, -0.1) is 0 Å². The summed E-state index contributed by atoms with van der Waals surface area (Å²) in [6.45, 7) is 3.03. The summed E-state index contributed by atoms with van der Waals surface area (Å²) < 4.78 is 26.4. The van der Waals surface area contributed by atoms with Crippen LogP contribution in [0, 0.1) is 11.6 Å². The summed E-state index contributed by atoms with van der Waals surface area (Å²) >= 11 is 5.15. The minimum Gasteiger partial charge on any atom is -0.374 e. The van der Waals surface area contributed by atoms with E-state index in [1.807, 2.05) is 6.92 Å². The fourth-order valence-corrected chi connectivity index (χ4v) is 2.68. The maximum atomic E-state index is 13.2. The van der Waals surface area contributed by atoms with Crippen LogP contribution in [0.3, 0.4) is 0 Å². The van der Waals surface area contributed by atoms with Gasteiger partial charge >= 0.3 is 0 Å². The zero-order valence-electron chi connectivity index (χ0n) is 10.6. The van der Waals surface area contributed by atoms with E-state index in [0.29, 0.717) is 30.2 Å². The molecule has 0 saturated carbocycles. The fourth-order valence-electron chi connectivity index (χ4n) is 2.34. The molecule has 104 valence electrons. The molecular weight excluding hydrogens is 270 g/mol. The van der Waals surface area contributed by atoms with E-state index in [-0.39, 0.29) is 5.92 Å². The SMILES string of the molecule is CCNC(=S)N1CC(c2cc(F)cc(F)c2)CC1O. The summed E-state index contributed by atoms with van der Waals surface area (Å²) in [5.41, 5.74) is 0.554. The van der Waals surface area contributed by atoms with Crippen LogP contribution in [0.1, 0.15) is 24.8 Å². The summed E-state index contributed by atoms with van der Waals surface area (Å²) in [5.74, 6) is -1.33. The van der Waals surface area contributed by atoms with Crippen molar-refractivity contribution in [2.45, 2.75) is 25.5 Å². The number of rotatable bonds is 2. The largest absolute Gasteiger partial charge is 0.374 e. The first-order chi connectivity index (χ1) is 9.01. The van der Waals surface area contributed by atoms with Gasteiger partial charge in [-0.25, -0.2) is 8.78 Å². The fraction of sp³-hybridized carbons (Fsp3) is 0.462. The Kier molecular flexibility index (Phi) is 4.31. The van der Waals surface area contributed by atoms with Crippen molar-refractivity contribution in [1.29, 1.82) is 0 Å². The van der Waals surface area contributed by atoms with E-state index in [4.69, 9.17) is 12.2 Å². The van der Waals surface area contributed by atoms with Crippen molar-refractivity contribution in [3.8, 4) is 0 Å². The summed E-state index contributed by atoms with van der Waals surface area (Å²) in [6, 6.07) is 3.45. The second-order valence-electron chi connectivity index (χ2n) is 4.60. The Hall–Kier alpha value is -1.27. The van der Waals surface area contributed by atoms with E-state index < -0.39 is 17.9 Å². The highest BCUT2D eigenvalue weighted by molar-refractivity contribution is 7.80. The van der Waals surface area contributed by atoms with Gasteiger partial charge in [-0.2, -0.15) is 0 Å². The second-order valence-corrected chi connectivity index (χ2v) is 4.99. The summed E-state index contributed by atoms with van der Waals surface area (Å²) in [6.07, 6.45) is -0.308. The molecule has 2 atom stereocenters. The first-order valence-corrected chi connectivity index (χ1v) is 6.60. The van der Waals surface area contributed by atoms with Gasteiger partial charge < -0.3 is 15.3 Å². The Morgan fingerprint density at radius 2 is 2.05 bits per heavy atom. The third kappa shape index (κ3) is 3.19. The van der Waals surface area contributed by atoms with Crippen LogP contribution in [0.2, 0.25) is 0 Å². The van der Waals surface area contributed by atoms with Crippen molar-refractivity contribution in [2.24, 2.45) is 0 Å². The highest BCUT2D eigenvalue weighted by atomic mass is 32.1. The quantitative estimate of drug-likeness (QED) is 0.815. The smallest absolute Gasteiger partial charge is 0.170 e. The van der Waals surface area contributed by atoms with Crippen LogP contribution in [0.4, 0.5) is 8.78 Å². The number of nitrogens with zero attached hydrogens (tertiary/aromatic N) is 1. The molecule has 1 heterocycles. The van der Waals surface area contributed by atoms with Crippen molar-refractivity contribution in [1.82, 2.24) is 10.2 Å². The molecule has 0 bridgehead atoms. The van der Waals surface area contributed by atoms with Crippen LogP contribution in [-0.2, 0) is 0 Å². The lowest BCUT2D eigenvalue weighted by atomic mass is 9.98. The standard InChI is InChI=1S/C13H16F2N2OS/c1-2-16-13(19)17-7-9(5-12(17)18)8-3-10(14)6-11(15)4-8/h3-4,6,9,12,18H,2,5,7H2,1H3,(H,16,19). The molecule has 1 aliphatic heterocycles. The first-order valence-electron chi connectivity index (χ1n) is 6.19. The molecule has 2 rings (SSSR count). The van der Waals surface area contributed by atoms with Crippen molar-refractivity contribution < 1.29 is 13.9 Å². The Balaban J connectivity index is 2.14. The highest BCUT2D eigenvalue weighted by Gasteiger charge is 2.33. The summed E-state index contributed by atoms with van der Waals surface area (Å²) in [7, 11) is 0. The molecule has 0 spiro atoms. The summed E-state index contributed by atoms with van der Waals surface area (Å²) in [5, 5.41) is 13.4. The van der Waals surface area contributed by atoms with E-state index >= 15 is 0 Å². The van der Waals surface area contributed by atoms with Crippen LogP contribution >= 0.6 is 12.2 Å². The number of benzene rings is 1. The lowest BCUT2D eigenvalue weighted by Crippen LogP contribution is -2.42. The number of aliphatic hydroxyl groups is 1. The number of halogens is 2. The molecular formula is C13H16F2N2OS. The predicted octanol–water partition coefficient (Wildman–Crippen LogP) is 1.97. The average Bonchev–Trinajstić information content (AvgIpc) is 2.70. The molecule has 1 aromatic rings. The van der Waals surface area contributed by atoms with Crippen molar-refractivity contribution in [3.05, 3.63) is 35.4 Å². The zero-order valence-corrected chi connectivity index (χ0v) is 11.4. The van der Waals surface area contributed by atoms with Gasteiger partial charge in [-0.05, 0) is 36.8 Å². The third-order valence-electron chi connectivity index (χ3n) is 3.22. The molecule has 6 heteroatoms. The Labute approximate surface area is 116 Å². The van der Waals surface area contributed by atoms with E-state index in [1.165, 1.54) is 12.1 Å². The van der Waals surface area contributed by atoms with Gasteiger partial charge in [0.15, 0.2) is 5.11 Å². The molecule has 0 radical (unpaired) electrons. The molecule has 1 aromatic carbocycles. The molecule has 3 nitrogen and oxygen atoms in total. The molecule has 0 aliphatic carbocycles. The second kappa shape index (κ2) is 5.79. The minimum absolute atomic E-state index is 0.128. The lowest BCUT2D eigenvalue weighted by molar-refractivity contribution is 0.0856. The molecule has 1 saturated heterocycles. The molecule has 1 fully saturated rings. The van der Waals surface area contributed by atoms with Crippen LogP contribution in [0.25, 0.3) is 0 Å². The number of hydrogen-bond acceptors (Lipinski definition) is 2. The van der Waals surface area contributed by atoms with Crippen LogP contribution in [0.5, 0.6) is 0 Å². The van der Waals surface area contributed by atoms with Gasteiger partial charge in [-0.1, -0.05) is 0 Å². The maximum absolute atomic E-state index is 13.2. The average molecular weight is 286 g/mol. The van der Waals surface area contributed by atoms with Gasteiger partial charge in [0.2, 0.25) is 0 Å². The van der Waals surface area contributed by atoms with Gasteiger partial charge in [0, 0.05) is 31.5 Å². The van der Waals surface area contributed by atoms with E-state index in [0.717, 1.165) is 6.07 Å². The predicted molar refractivity (Wildman–Crippen MR) is 72.7 cm³/mol. The molecule has 2 N–H and O–H groups in total. The Bertz CT molecular complexity index is 463. The number of thiocarbonyl (C=S) groups is 1. The lowest BCUT2D eigenvalue weighted by Gasteiger charge is -2.23. The maximum Gasteiger partial charge on any atom is 0.170 e. The normalized spacial score (nSPS) is 22.6. The van der Waals surface area contributed by atoms with Crippen molar-refractivity contribution in [2.75, 3.05) is 13.1 Å². The number of hydrogen-bond donors (Lipinski definition) is 2. The molecule has 1 aliphatic rings. The highest BCUT2D eigenvalue weighted by Crippen LogP contribution is 2.31. The van der Waals surface area contributed by atoms with Gasteiger partial charge in [0.25, 0.3) is 0 Å². The monoisotopic (exact) mass is 286 g/mol. The molecule has 2 unspecified atom stereocenters. The topological polar surface area (TPSA) is 35.5 Å². The van der Waals surface area contributed by atoms with Crippen molar-refractivity contribution >= 4 is 17.3 Å². The van der Waals surface area contributed by atoms with Gasteiger partial charge in [-0.3, -0.25) is 0 Å². The van der Waals surface area contributed by atoms with E-state index in [1.54, 1.807) is 4.90 Å². The third-order valence-corrected chi connectivity index (χ3v) is 3.60. The molecule has 0 amide bonds. The number of aliphatic hydroxyl groups excluding tert-OH is 1. The molecule has 19 heavy (non-hydrogen) atoms. The van der Waals surface area contributed by atoms with Crippen molar-refractivity contribution in [3.63, 3.8) is 0 Å². The molecule has 0 aromatic heterocycles. The van der Waals surface area contributed by atoms with E-state index in [2.05, 4.69) is 5.32 Å².